The van der Waals surface area contributed by atoms with Crippen LogP contribution in [0.3, 0.4) is 0 Å². The zero-order valence-electron chi connectivity index (χ0n) is 8.04. The first-order valence-corrected chi connectivity index (χ1v) is 5.72. The SMILES string of the molecule is CCC(CC(C)CSC)C(=O)O. The van der Waals surface area contributed by atoms with Crippen molar-refractivity contribution in [1.82, 2.24) is 0 Å². The summed E-state index contributed by atoms with van der Waals surface area (Å²) in [6.45, 7) is 4.05. The molecular weight excluding hydrogens is 172 g/mol. The molecule has 0 aliphatic heterocycles. The van der Waals surface area contributed by atoms with Gasteiger partial charge in [0, 0.05) is 0 Å². The van der Waals surface area contributed by atoms with Crippen LogP contribution in [0.4, 0.5) is 0 Å². The molecule has 0 bridgehead atoms. The Labute approximate surface area is 78.7 Å². The van der Waals surface area contributed by atoms with Gasteiger partial charge in [0.05, 0.1) is 5.92 Å². The standard InChI is InChI=1S/C9H18O2S/c1-4-8(9(10)11)5-7(2)6-12-3/h7-8H,4-6H2,1-3H3,(H,10,11). The molecule has 0 saturated heterocycles. The Morgan fingerprint density at radius 2 is 2.17 bits per heavy atom. The molecular formula is C9H18O2S. The minimum absolute atomic E-state index is 0.146. The number of hydrogen-bond acceptors (Lipinski definition) is 2. The van der Waals surface area contributed by atoms with Crippen LogP contribution in [0.2, 0.25) is 0 Å². The molecule has 0 aromatic rings. The van der Waals surface area contributed by atoms with Crippen molar-refractivity contribution >= 4 is 17.7 Å². The number of rotatable bonds is 6. The molecule has 1 N–H and O–H groups in total. The molecule has 0 rings (SSSR count). The van der Waals surface area contributed by atoms with Crippen LogP contribution < -0.4 is 0 Å². The largest absolute Gasteiger partial charge is 0.481 e. The van der Waals surface area contributed by atoms with E-state index in [4.69, 9.17) is 5.11 Å². The fourth-order valence-corrected chi connectivity index (χ4v) is 1.99. The average molecular weight is 190 g/mol. The third kappa shape index (κ3) is 4.65. The highest BCUT2D eigenvalue weighted by Crippen LogP contribution is 2.18. The highest BCUT2D eigenvalue weighted by molar-refractivity contribution is 7.98. The van der Waals surface area contributed by atoms with Crippen LogP contribution >= 0.6 is 11.8 Å². The minimum atomic E-state index is -0.648. The molecule has 0 amide bonds. The van der Waals surface area contributed by atoms with E-state index in [1.807, 2.05) is 6.92 Å². The number of carbonyl (C=O) groups is 1. The van der Waals surface area contributed by atoms with E-state index in [1.165, 1.54) is 0 Å². The monoisotopic (exact) mass is 190 g/mol. The molecule has 0 fully saturated rings. The van der Waals surface area contributed by atoms with Gasteiger partial charge in [0.15, 0.2) is 0 Å². The molecule has 3 heteroatoms. The molecule has 0 spiro atoms. The van der Waals surface area contributed by atoms with Crippen molar-refractivity contribution in [2.24, 2.45) is 11.8 Å². The molecule has 12 heavy (non-hydrogen) atoms. The molecule has 2 atom stereocenters. The maximum absolute atomic E-state index is 10.7. The van der Waals surface area contributed by atoms with E-state index in [2.05, 4.69) is 13.2 Å². The lowest BCUT2D eigenvalue weighted by Crippen LogP contribution is -2.16. The summed E-state index contributed by atoms with van der Waals surface area (Å²) in [6, 6.07) is 0. The molecule has 0 aromatic heterocycles. The molecule has 72 valence electrons. The van der Waals surface area contributed by atoms with Gasteiger partial charge in [0.1, 0.15) is 0 Å². The van der Waals surface area contributed by atoms with Gasteiger partial charge in [-0.15, -0.1) is 0 Å². The molecule has 2 nitrogen and oxygen atoms in total. The second-order valence-corrected chi connectivity index (χ2v) is 4.15. The number of hydrogen-bond donors (Lipinski definition) is 1. The Morgan fingerprint density at radius 3 is 2.50 bits per heavy atom. The summed E-state index contributed by atoms with van der Waals surface area (Å²) < 4.78 is 0. The molecule has 0 saturated carbocycles. The lowest BCUT2D eigenvalue weighted by atomic mass is 9.95. The van der Waals surface area contributed by atoms with Crippen LogP contribution in [0.25, 0.3) is 0 Å². The van der Waals surface area contributed by atoms with E-state index in [-0.39, 0.29) is 5.92 Å². The van der Waals surface area contributed by atoms with Gasteiger partial charge in [-0.25, -0.2) is 0 Å². The smallest absolute Gasteiger partial charge is 0.306 e. The van der Waals surface area contributed by atoms with Gasteiger partial charge in [-0.1, -0.05) is 13.8 Å². The highest BCUT2D eigenvalue weighted by atomic mass is 32.2. The summed E-state index contributed by atoms with van der Waals surface area (Å²) in [6.07, 6.45) is 3.61. The van der Waals surface area contributed by atoms with Crippen molar-refractivity contribution < 1.29 is 9.90 Å². The zero-order chi connectivity index (χ0) is 9.56. The normalized spacial score (nSPS) is 15.6. The van der Waals surface area contributed by atoms with Crippen LogP contribution in [-0.4, -0.2) is 23.1 Å². The minimum Gasteiger partial charge on any atom is -0.481 e. The van der Waals surface area contributed by atoms with Crippen molar-refractivity contribution in [3.63, 3.8) is 0 Å². The number of aliphatic carboxylic acids is 1. The maximum Gasteiger partial charge on any atom is 0.306 e. The molecule has 0 heterocycles. The zero-order valence-corrected chi connectivity index (χ0v) is 8.86. The fraction of sp³-hybridized carbons (Fsp3) is 0.889. The highest BCUT2D eigenvalue weighted by Gasteiger charge is 2.17. The fourth-order valence-electron chi connectivity index (χ4n) is 1.28. The van der Waals surface area contributed by atoms with Crippen molar-refractivity contribution in [2.75, 3.05) is 12.0 Å². The van der Waals surface area contributed by atoms with E-state index < -0.39 is 5.97 Å². The predicted molar refractivity (Wildman–Crippen MR) is 53.6 cm³/mol. The molecule has 0 aliphatic rings. The quantitative estimate of drug-likeness (QED) is 0.699. The summed E-state index contributed by atoms with van der Waals surface area (Å²) >= 11 is 1.78. The van der Waals surface area contributed by atoms with E-state index in [0.717, 1.165) is 18.6 Å². The van der Waals surface area contributed by atoms with Crippen molar-refractivity contribution in [2.45, 2.75) is 26.7 Å². The first-order valence-electron chi connectivity index (χ1n) is 4.33. The first kappa shape index (κ1) is 11.8. The predicted octanol–water partition coefficient (Wildman–Crippen LogP) is 2.49. The van der Waals surface area contributed by atoms with Crippen LogP contribution in [0.5, 0.6) is 0 Å². The van der Waals surface area contributed by atoms with E-state index >= 15 is 0 Å². The topological polar surface area (TPSA) is 37.3 Å². The van der Waals surface area contributed by atoms with Crippen molar-refractivity contribution in [3.05, 3.63) is 0 Å². The molecule has 0 aromatic carbocycles. The lowest BCUT2D eigenvalue weighted by Gasteiger charge is -2.14. The summed E-state index contributed by atoms with van der Waals surface area (Å²) in [5.41, 5.74) is 0. The lowest BCUT2D eigenvalue weighted by molar-refractivity contribution is -0.142. The Morgan fingerprint density at radius 1 is 1.58 bits per heavy atom. The summed E-state index contributed by atoms with van der Waals surface area (Å²) in [5.74, 6) is 0.780. The summed E-state index contributed by atoms with van der Waals surface area (Å²) in [4.78, 5) is 10.7. The molecule has 2 unspecified atom stereocenters. The Hall–Kier alpha value is -0.180. The van der Waals surface area contributed by atoms with Crippen molar-refractivity contribution in [3.8, 4) is 0 Å². The van der Waals surface area contributed by atoms with Gasteiger partial charge in [-0.2, -0.15) is 11.8 Å². The van der Waals surface area contributed by atoms with Gasteiger partial charge in [0.2, 0.25) is 0 Å². The van der Waals surface area contributed by atoms with E-state index in [0.29, 0.717) is 5.92 Å². The van der Waals surface area contributed by atoms with Gasteiger partial charge in [-0.05, 0) is 30.8 Å². The third-order valence-electron chi connectivity index (χ3n) is 1.98. The van der Waals surface area contributed by atoms with Gasteiger partial charge in [0.25, 0.3) is 0 Å². The Balaban J connectivity index is 3.77. The number of thioether (sulfide) groups is 1. The van der Waals surface area contributed by atoms with Crippen LogP contribution in [-0.2, 0) is 4.79 Å². The van der Waals surface area contributed by atoms with E-state index in [1.54, 1.807) is 11.8 Å². The Kier molecular flexibility index (Phi) is 6.25. The maximum atomic E-state index is 10.7. The van der Waals surface area contributed by atoms with Gasteiger partial charge < -0.3 is 5.11 Å². The second-order valence-electron chi connectivity index (χ2n) is 3.24. The van der Waals surface area contributed by atoms with E-state index in [9.17, 15) is 4.79 Å². The number of carboxylic acid groups (broad SMARTS) is 1. The summed E-state index contributed by atoms with van der Waals surface area (Å²) in [5, 5.41) is 8.78. The number of carboxylic acids is 1. The van der Waals surface area contributed by atoms with Gasteiger partial charge in [-0.3, -0.25) is 4.79 Å². The third-order valence-corrected chi connectivity index (χ3v) is 2.88. The average Bonchev–Trinajstić information content (AvgIpc) is 2.00. The van der Waals surface area contributed by atoms with Crippen LogP contribution in [0, 0.1) is 11.8 Å². The summed E-state index contributed by atoms with van der Waals surface area (Å²) in [7, 11) is 0. The first-order chi connectivity index (χ1) is 5.61. The van der Waals surface area contributed by atoms with Crippen LogP contribution in [0.15, 0.2) is 0 Å². The Bertz CT molecular complexity index is 136. The van der Waals surface area contributed by atoms with Crippen LogP contribution in [0.1, 0.15) is 26.7 Å². The molecule has 0 aliphatic carbocycles. The molecule has 0 radical (unpaired) electrons. The second kappa shape index (κ2) is 6.35. The van der Waals surface area contributed by atoms with Gasteiger partial charge >= 0.3 is 5.97 Å². The van der Waals surface area contributed by atoms with Crippen molar-refractivity contribution in [1.29, 1.82) is 0 Å².